The lowest BCUT2D eigenvalue weighted by atomic mass is 9.89. The van der Waals surface area contributed by atoms with Gasteiger partial charge in [-0.05, 0) is 30.2 Å². The molecule has 0 aliphatic heterocycles. The molecule has 1 aromatic rings. The van der Waals surface area contributed by atoms with Crippen LogP contribution in [0.25, 0.3) is 0 Å². The van der Waals surface area contributed by atoms with Crippen LogP contribution in [0, 0.1) is 11.8 Å². The van der Waals surface area contributed by atoms with Crippen molar-refractivity contribution in [3.63, 3.8) is 0 Å². The Kier molecular flexibility index (Phi) is 3.66. The number of carbonyl (C=O) groups is 1. The van der Waals surface area contributed by atoms with Crippen LogP contribution in [-0.2, 0) is 0 Å². The molecule has 1 nitrogen and oxygen atoms in total. The molecular weight excluding hydrogens is 208 g/mol. The van der Waals surface area contributed by atoms with E-state index in [1.807, 2.05) is 12.1 Å². The van der Waals surface area contributed by atoms with Crippen LogP contribution < -0.4 is 0 Å². The fraction of sp³-hybridized carbons (Fsp3) is 0.562. The first-order chi connectivity index (χ1) is 8.09. The summed E-state index contributed by atoms with van der Waals surface area (Å²) in [5.41, 5.74) is 2.20. The van der Waals surface area contributed by atoms with E-state index in [1.165, 1.54) is 18.4 Å². The largest absolute Gasteiger partial charge is 0.294 e. The molecule has 0 heterocycles. The van der Waals surface area contributed by atoms with Crippen LogP contribution in [0.2, 0.25) is 0 Å². The normalized spacial score (nSPS) is 24.2. The van der Waals surface area contributed by atoms with Gasteiger partial charge in [0.2, 0.25) is 0 Å². The third kappa shape index (κ3) is 2.59. The Morgan fingerprint density at radius 2 is 1.82 bits per heavy atom. The molecule has 0 amide bonds. The van der Waals surface area contributed by atoms with E-state index in [2.05, 4.69) is 32.9 Å². The highest BCUT2D eigenvalue weighted by Crippen LogP contribution is 2.33. The molecule has 1 saturated carbocycles. The van der Waals surface area contributed by atoms with E-state index in [9.17, 15) is 4.79 Å². The zero-order chi connectivity index (χ0) is 12.4. The molecule has 0 spiro atoms. The molecule has 1 aliphatic carbocycles. The highest BCUT2D eigenvalue weighted by atomic mass is 16.1. The van der Waals surface area contributed by atoms with E-state index in [4.69, 9.17) is 0 Å². The van der Waals surface area contributed by atoms with Crippen molar-refractivity contribution in [2.24, 2.45) is 11.8 Å². The molecule has 0 saturated heterocycles. The second-order valence-corrected chi connectivity index (χ2v) is 5.66. The van der Waals surface area contributed by atoms with E-state index in [0.717, 1.165) is 12.0 Å². The van der Waals surface area contributed by atoms with E-state index in [0.29, 0.717) is 17.6 Å². The van der Waals surface area contributed by atoms with Gasteiger partial charge in [-0.25, -0.2) is 0 Å². The van der Waals surface area contributed by atoms with E-state index >= 15 is 0 Å². The number of carbonyl (C=O) groups excluding carboxylic acids is 1. The van der Waals surface area contributed by atoms with Gasteiger partial charge < -0.3 is 0 Å². The number of benzene rings is 1. The zero-order valence-corrected chi connectivity index (χ0v) is 11.1. The van der Waals surface area contributed by atoms with Crippen LogP contribution in [0.1, 0.15) is 61.9 Å². The first-order valence-electron chi connectivity index (χ1n) is 6.73. The maximum absolute atomic E-state index is 12.3. The highest BCUT2D eigenvalue weighted by molar-refractivity contribution is 5.98. The van der Waals surface area contributed by atoms with Gasteiger partial charge in [0, 0.05) is 11.5 Å². The van der Waals surface area contributed by atoms with Crippen molar-refractivity contribution in [2.45, 2.75) is 46.0 Å². The number of ketones is 1. The Bertz CT molecular complexity index is 388. The molecule has 1 fully saturated rings. The van der Waals surface area contributed by atoms with Crippen molar-refractivity contribution in [3.8, 4) is 0 Å². The SMILES string of the molecule is CC(C)c1ccc(C(=O)C2CCCC2C)cc1. The fourth-order valence-corrected chi connectivity index (χ4v) is 2.78. The first-order valence-corrected chi connectivity index (χ1v) is 6.73. The van der Waals surface area contributed by atoms with Gasteiger partial charge in [0.15, 0.2) is 5.78 Å². The summed E-state index contributed by atoms with van der Waals surface area (Å²) in [6.45, 7) is 6.56. The first kappa shape index (κ1) is 12.3. The van der Waals surface area contributed by atoms with Crippen LogP contribution in [0.15, 0.2) is 24.3 Å². The van der Waals surface area contributed by atoms with Crippen molar-refractivity contribution < 1.29 is 4.79 Å². The molecule has 0 N–H and O–H groups in total. The van der Waals surface area contributed by atoms with Crippen LogP contribution in [-0.4, -0.2) is 5.78 Å². The number of hydrogen-bond acceptors (Lipinski definition) is 1. The molecule has 0 bridgehead atoms. The molecule has 0 radical (unpaired) electrons. The van der Waals surface area contributed by atoms with Gasteiger partial charge in [-0.3, -0.25) is 4.79 Å². The standard InChI is InChI=1S/C16H22O/c1-11(2)13-7-9-14(10-8-13)16(17)15-6-4-5-12(15)3/h7-12,15H,4-6H2,1-3H3. The van der Waals surface area contributed by atoms with Crippen molar-refractivity contribution in [2.75, 3.05) is 0 Å². The summed E-state index contributed by atoms with van der Waals surface area (Å²) < 4.78 is 0. The molecule has 92 valence electrons. The smallest absolute Gasteiger partial charge is 0.166 e. The molecular formula is C16H22O. The molecule has 0 aromatic heterocycles. The summed E-state index contributed by atoms with van der Waals surface area (Å²) in [5.74, 6) is 1.71. The lowest BCUT2D eigenvalue weighted by molar-refractivity contribution is 0.0897. The Morgan fingerprint density at radius 1 is 1.18 bits per heavy atom. The maximum atomic E-state index is 12.3. The molecule has 2 rings (SSSR count). The van der Waals surface area contributed by atoms with E-state index < -0.39 is 0 Å². The Morgan fingerprint density at radius 3 is 2.29 bits per heavy atom. The minimum atomic E-state index is 0.264. The summed E-state index contributed by atoms with van der Waals surface area (Å²) in [5, 5.41) is 0. The van der Waals surface area contributed by atoms with Gasteiger partial charge in [0.1, 0.15) is 0 Å². The molecule has 17 heavy (non-hydrogen) atoms. The number of Topliss-reactive ketones (excluding diaryl/α,β-unsaturated/α-hetero) is 1. The van der Waals surface area contributed by atoms with Crippen molar-refractivity contribution in [1.82, 2.24) is 0 Å². The highest BCUT2D eigenvalue weighted by Gasteiger charge is 2.30. The third-order valence-corrected chi connectivity index (χ3v) is 4.06. The molecule has 2 unspecified atom stereocenters. The second-order valence-electron chi connectivity index (χ2n) is 5.66. The van der Waals surface area contributed by atoms with Gasteiger partial charge in [0.25, 0.3) is 0 Å². The molecule has 1 aliphatic rings. The summed E-state index contributed by atoms with van der Waals surface area (Å²) in [6.07, 6.45) is 3.49. The lowest BCUT2D eigenvalue weighted by Gasteiger charge is -2.14. The van der Waals surface area contributed by atoms with Gasteiger partial charge in [-0.15, -0.1) is 0 Å². The molecule has 2 atom stereocenters. The van der Waals surface area contributed by atoms with Gasteiger partial charge in [-0.2, -0.15) is 0 Å². The third-order valence-electron chi connectivity index (χ3n) is 4.06. The average molecular weight is 230 g/mol. The van der Waals surface area contributed by atoms with Gasteiger partial charge in [0.05, 0.1) is 0 Å². The topological polar surface area (TPSA) is 17.1 Å². The molecule has 1 heteroatoms. The predicted octanol–water partition coefficient (Wildman–Crippen LogP) is 4.43. The minimum Gasteiger partial charge on any atom is -0.294 e. The van der Waals surface area contributed by atoms with Gasteiger partial charge >= 0.3 is 0 Å². The van der Waals surface area contributed by atoms with Crippen LogP contribution in [0.4, 0.5) is 0 Å². The fourth-order valence-electron chi connectivity index (χ4n) is 2.78. The maximum Gasteiger partial charge on any atom is 0.166 e. The van der Waals surface area contributed by atoms with Crippen molar-refractivity contribution >= 4 is 5.78 Å². The summed E-state index contributed by atoms with van der Waals surface area (Å²) in [6, 6.07) is 8.19. The number of hydrogen-bond donors (Lipinski definition) is 0. The quantitative estimate of drug-likeness (QED) is 0.702. The predicted molar refractivity (Wildman–Crippen MR) is 71.4 cm³/mol. The summed E-state index contributed by atoms with van der Waals surface area (Å²) >= 11 is 0. The van der Waals surface area contributed by atoms with E-state index in [-0.39, 0.29) is 5.92 Å². The monoisotopic (exact) mass is 230 g/mol. The van der Waals surface area contributed by atoms with Crippen LogP contribution in [0.3, 0.4) is 0 Å². The zero-order valence-electron chi connectivity index (χ0n) is 11.1. The second kappa shape index (κ2) is 5.03. The van der Waals surface area contributed by atoms with Gasteiger partial charge in [-0.1, -0.05) is 51.5 Å². The van der Waals surface area contributed by atoms with Crippen LogP contribution >= 0.6 is 0 Å². The minimum absolute atomic E-state index is 0.264. The average Bonchev–Trinajstić information content (AvgIpc) is 2.74. The lowest BCUT2D eigenvalue weighted by Crippen LogP contribution is -2.17. The Hall–Kier alpha value is -1.11. The van der Waals surface area contributed by atoms with Crippen molar-refractivity contribution in [1.29, 1.82) is 0 Å². The Balaban J connectivity index is 2.14. The van der Waals surface area contributed by atoms with Crippen LogP contribution in [0.5, 0.6) is 0 Å². The van der Waals surface area contributed by atoms with Crippen molar-refractivity contribution in [3.05, 3.63) is 35.4 Å². The Labute approximate surface area is 104 Å². The number of rotatable bonds is 3. The molecule has 1 aromatic carbocycles. The summed E-state index contributed by atoms with van der Waals surface area (Å²) in [4.78, 5) is 12.3. The summed E-state index contributed by atoms with van der Waals surface area (Å²) in [7, 11) is 0. The van der Waals surface area contributed by atoms with E-state index in [1.54, 1.807) is 0 Å².